The van der Waals surface area contributed by atoms with E-state index in [1.165, 1.54) is 6.33 Å². The van der Waals surface area contributed by atoms with Gasteiger partial charge in [0, 0.05) is 5.56 Å². The zero-order valence-corrected chi connectivity index (χ0v) is 9.89. The van der Waals surface area contributed by atoms with Crippen LogP contribution in [0.2, 0.25) is 0 Å². The summed E-state index contributed by atoms with van der Waals surface area (Å²) in [6, 6.07) is 0. The van der Waals surface area contributed by atoms with Crippen LogP contribution in [0.5, 0.6) is 0 Å². The molecule has 0 amide bonds. The van der Waals surface area contributed by atoms with Gasteiger partial charge >= 0.3 is 0 Å². The van der Waals surface area contributed by atoms with Crippen LogP contribution in [0.4, 0.5) is 5.82 Å². The third-order valence-electron chi connectivity index (χ3n) is 4.51. The van der Waals surface area contributed by atoms with Crippen molar-refractivity contribution >= 4 is 11.9 Å². The molecule has 3 aliphatic rings. The van der Waals surface area contributed by atoms with Crippen molar-refractivity contribution in [3.05, 3.63) is 23.7 Å². The van der Waals surface area contributed by atoms with E-state index in [1.807, 2.05) is 0 Å². The molecule has 7 heteroatoms. The van der Waals surface area contributed by atoms with Gasteiger partial charge in [-0.05, 0) is 0 Å². The number of hydrogen-bond donors (Lipinski definition) is 4. The Morgan fingerprint density at radius 3 is 2.84 bits per heavy atom. The van der Waals surface area contributed by atoms with E-state index < -0.39 is 29.3 Å². The third-order valence-corrected chi connectivity index (χ3v) is 4.51. The number of aromatic nitrogens is 2. The van der Waals surface area contributed by atoms with Gasteiger partial charge in [-0.1, -0.05) is 12.2 Å². The topological polar surface area (TPSA) is 122 Å². The Morgan fingerprint density at radius 1 is 1.42 bits per heavy atom. The van der Waals surface area contributed by atoms with Crippen LogP contribution in [0.3, 0.4) is 0 Å². The molecule has 19 heavy (non-hydrogen) atoms. The molecule has 0 radical (unpaired) electrons. The molecular formula is C12H13N3O4. The molecule has 1 saturated heterocycles. The van der Waals surface area contributed by atoms with Gasteiger partial charge in [0.1, 0.15) is 36.1 Å². The van der Waals surface area contributed by atoms with Gasteiger partial charge in [-0.3, -0.25) is 0 Å². The molecule has 5 N–H and O–H groups in total. The maximum absolute atomic E-state index is 10.7. The Morgan fingerprint density at radius 2 is 2.21 bits per heavy atom. The summed E-state index contributed by atoms with van der Waals surface area (Å²) in [6.45, 7) is -0.335. The van der Waals surface area contributed by atoms with E-state index in [2.05, 4.69) is 9.97 Å². The van der Waals surface area contributed by atoms with E-state index >= 15 is 0 Å². The largest absolute Gasteiger partial charge is 0.394 e. The second kappa shape index (κ2) is 3.13. The van der Waals surface area contributed by atoms with Gasteiger partial charge in [0.05, 0.1) is 17.7 Å². The standard InChI is InChI=1S/C12H13N3O4/c13-9-5-1-2-11(7(5)14-4-15-9)10-12(11,18)8(17)6(3-16)19-10/h1-2,4,6,8,10,16-18H,3H2,(H2,13,14,15)/t6-,8?,10+,11?,12+/m1/s1. The Hall–Kier alpha value is -1.54. The number of nitrogens with zero attached hydrogens (tertiary/aromatic N) is 2. The van der Waals surface area contributed by atoms with Crippen LogP contribution in [0.25, 0.3) is 6.08 Å². The SMILES string of the molecule is Nc1ncnc2c1C=CC21[C@@H]2O[C@H](CO)C(O)[C@]21O. The van der Waals surface area contributed by atoms with Gasteiger partial charge in [0.15, 0.2) is 0 Å². The minimum atomic E-state index is -1.46. The molecule has 0 bridgehead atoms. The van der Waals surface area contributed by atoms with E-state index in [9.17, 15) is 10.2 Å². The summed E-state index contributed by atoms with van der Waals surface area (Å²) in [5.41, 5.74) is 4.68. The molecule has 1 aliphatic heterocycles. The number of aliphatic hydroxyl groups excluding tert-OH is 2. The minimum Gasteiger partial charge on any atom is -0.394 e. The first-order chi connectivity index (χ1) is 9.07. The summed E-state index contributed by atoms with van der Waals surface area (Å²) in [5.74, 6) is 0.333. The Labute approximate surface area is 108 Å². The van der Waals surface area contributed by atoms with Crippen LogP contribution in [0, 0.1) is 0 Å². The predicted molar refractivity (Wildman–Crippen MR) is 63.9 cm³/mol. The molecule has 5 atom stereocenters. The number of nitrogen functional groups attached to an aromatic ring is 1. The minimum absolute atomic E-state index is 0.333. The van der Waals surface area contributed by atoms with Crippen LogP contribution >= 0.6 is 0 Å². The number of ether oxygens (including phenoxy) is 1. The molecule has 4 rings (SSSR count). The maximum atomic E-state index is 10.7. The average molecular weight is 263 g/mol. The quantitative estimate of drug-likeness (QED) is 0.471. The zero-order chi connectivity index (χ0) is 13.4. The number of rotatable bonds is 1. The van der Waals surface area contributed by atoms with E-state index in [-0.39, 0.29) is 6.61 Å². The molecule has 1 aromatic rings. The number of hydrogen-bond acceptors (Lipinski definition) is 7. The number of anilines is 1. The van der Waals surface area contributed by atoms with Gasteiger partial charge < -0.3 is 25.8 Å². The highest BCUT2D eigenvalue weighted by Crippen LogP contribution is 2.68. The first-order valence-electron chi connectivity index (χ1n) is 6.04. The Kier molecular flexibility index (Phi) is 1.86. The first-order valence-corrected chi connectivity index (χ1v) is 6.04. The highest BCUT2D eigenvalue weighted by Gasteiger charge is 2.87. The summed E-state index contributed by atoms with van der Waals surface area (Å²) >= 11 is 0. The fraction of sp³-hybridized carbons (Fsp3) is 0.500. The highest BCUT2D eigenvalue weighted by molar-refractivity contribution is 5.76. The van der Waals surface area contributed by atoms with Gasteiger partial charge in [0.25, 0.3) is 0 Å². The van der Waals surface area contributed by atoms with Gasteiger partial charge in [-0.15, -0.1) is 0 Å². The van der Waals surface area contributed by atoms with Crippen molar-refractivity contribution in [2.45, 2.75) is 29.3 Å². The number of fused-ring (bicyclic) bond motifs is 5. The summed E-state index contributed by atoms with van der Waals surface area (Å²) in [7, 11) is 0. The average Bonchev–Trinajstić information content (AvgIpc) is 2.69. The summed E-state index contributed by atoms with van der Waals surface area (Å²) in [5, 5.41) is 29.9. The number of nitrogens with two attached hydrogens (primary N) is 1. The first kappa shape index (κ1) is 11.3. The Balaban J connectivity index is 1.83. The second-order valence-electron chi connectivity index (χ2n) is 5.23. The lowest BCUT2D eigenvalue weighted by molar-refractivity contribution is -0.0644. The maximum Gasteiger partial charge on any atom is 0.138 e. The van der Waals surface area contributed by atoms with E-state index in [0.717, 1.165) is 0 Å². The summed E-state index contributed by atoms with van der Waals surface area (Å²) in [6.07, 6.45) is 2.29. The van der Waals surface area contributed by atoms with Crippen LogP contribution in [-0.4, -0.2) is 55.8 Å². The molecule has 7 nitrogen and oxygen atoms in total. The van der Waals surface area contributed by atoms with Crippen LogP contribution in [0.1, 0.15) is 11.3 Å². The summed E-state index contributed by atoms with van der Waals surface area (Å²) in [4.78, 5) is 8.08. The van der Waals surface area contributed by atoms with Crippen molar-refractivity contribution in [2.75, 3.05) is 12.3 Å². The van der Waals surface area contributed by atoms with E-state index in [4.69, 9.17) is 15.6 Å². The van der Waals surface area contributed by atoms with Gasteiger partial charge in [-0.2, -0.15) is 0 Å². The monoisotopic (exact) mass is 263 g/mol. The molecule has 0 aromatic carbocycles. The molecule has 1 spiro atoms. The van der Waals surface area contributed by atoms with E-state index in [1.54, 1.807) is 12.2 Å². The lowest BCUT2D eigenvalue weighted by Gasteiger charge is -2.25. The van der Waals surface area contributed by atoms with Crippen LogP contribution < -0.4 is 5.73 Å². The predicted octanol–water partition coefficient (Wildman–Crippen LogP) is -1.81. The van der Waals surface area contributed by atoms with Crippen molar-refractivity contribution in [3.63, 3.8) is 0 Å². The summed E-state index contributed by atoms with van der Waals surface area (Å²) < 4.78 is 5.53. The zero-order valence-electron chi connectivity index (χ0n) is 9.89. The second-order valence-corrected chi connectivity index (χ2v) is 5.23. The molecule has 2 fully saturated rings. The molecule has 100 valence electrons. The number of aliphatic hydroxyl groups is 3. The van der Waals surface area contributed by atoms with Crippen LogP contribution in [-0.2, 0) is 10.2 Å². The third kappa shape index (κ3) is 0.973. The molecule has 1 saturated carbocycles. The highest BCUT2D eigenvalue weighted by atomic mass is 16.6. The lowest BCUT2D eigenvalue weighted by atomic mass is 9.93. The van der Waals surface area contributed by atoms with E-state index in [0.29, 0.717) is 17.1 Å². The van der Waals surface area contributed by atoms with Crippen molar-refractivity contribution in [1.29, 1.82) is 0 Å². The fourth-order valence-corrected chi connectivity index (χ4v) is 3.49. The van der Waals surface area contributed by atoms with Crippen molar-refractivity contribution < 1.29 is 20.1 Å². The van der Waals surface area contributed by atoms with Crippen LogP contribution in [0.15, 0.2) is 12.4 Å². The Bertz CT molecular complexity index is 607. The molecule has 2 aliphatic carbocycles. The molecule has 2 unspecified atom stereocenters. The molecule has 2 heterocycles. The van der Waals surface area contributed by atoms with Gasteiger partial charge in [-0.25, -0.2) is 9.97 Å². The van der Waals surface area contributed by atoms with Crippen molar-refractivity contribution in [3.8, 4) is 0 Å². The smallest absolute Gasteiger partial charge is 0.138 e. The lowest BCUT2D eigenvalue weighted by Crippen LogP contribution is -2.43. The van der Waals surface area contributed by atoms with Gasteiger partial charge in [0.2, 0.25) is 0 Å². The molecule has 1 aromatic heterocycles. The molecular weight excluding hydrogens is 250 g/mol. The fourth-order valence-electron chi connectivity index (χ4n) is 3.49. The van der Waals surface area contributed by atoms with Crippen molar-refractivity contribution in [2.24, 2.45) is 0 Å². The normalized spacial score (nSPS) is 45.5. The van der Waals surface area contributed by atoms with Crippen molar-refractivity contribution in [1.82, 2.24) is 9.97 Å².